The van der Waals surface area contributed by atoms with E-state index in [4.69, 9.17) is 28.4 Å². The van der Waals surface area contributed by atoms with Gasteiger partial charge in [-0.25, -0.2) is 0 Å². The molecule has 0 radical (unpaired) electrons. The highest BCUT2D eigenvalue weighted by atomic mass is 16.5. The molecule has 0 atom stereocenters. The van der Waals surface area contributed by atoms with Gasteiger partial charge in [0.2, 0.25) is 0 Å². The first-order chi connectivity index (χ1) is 38.0. The molecule has 0 bridgehead atoms. The maximum Gasteiger partial charge on any atom is 0.0594 e. The van der Waals surface area contributed by atoms with E-state index in [9.17, 15) is 0 Å². The smallest absolute Gasteiger partial charge is 0.0594 e. The van der Waals surface area contributed by atoms with E-state index in [2.05, 4.69) is 154 Å². The largest absolute Gasteiger partial charge is 0.379 e. The molecule has 0 N–H and O–H groups in total. The molecule has 12 heteroatoms. The number of hydrogen-bond donors (Lipinski definition) is 0. The van der Waals surface area contributed by atoms with E-state index in [1.807, 2.05) is 0 Å². The lowest BCUT2D eigenvalue weighted by atomic mass is 9.89. The molecule has 0 saturated carbocycles. The van der Waals surface area contributed by atoms with Crippen molar-refractivity contribution >= 4 is 0 Å². The van der Waals surface area contributed by atoms with E-state index in [1.165, 1.54) is 136 Å². The third kappa shape index (κ3) is 69.7. The average molecular weight is 1250 g/mol. The summed E-state index contributed by atoms with van der Waals surface area (Å²) in [5.41, 5.74) is 2.93. The van der Waals surface area contributed by atoms with Crippen LogP contribution in [0.1, 0.15) is 265 Å². The minimum Gasteiger partial charge on any atom is -0.379 e. The highest BCUT2D eigenvalue weighted by Crippen LogP contribution is 2.25. The van der Waals surface area contributed by atoms with Gasteiger partial charge in [-0.2, -0.15) is 0 Å². The van der Waals surface area contributed by atoms with Gasteiger partial charge in [-0.05, 0) is 123 Å². The number of hydrogen-bond acceptors (Lipinski definition) is 12. The van der Waals surface area contributed by atoms with Gasteiger partial charge in [-0.3, -0.25) is 29.4 Å². The van der Waals surface area contributed by atoms with E-state index in [0.717, 1.165) is 158 Å². The summed E-state index contributed by atoms with van der Waals surface area (Å²) in [5, 5.41) is 0. The molecule has 0 amide bonds. The molecule has 0 aromatic heterocycles. The molecule has 87 heavy (non-hydrogen) atoms. The fraction of sp³-hybridized carbons (Fsp3) is 1.00. The molecule has 6 aliphatic rings. The van der Waals surface area contributed by atoms with E-state index in [1.54, 1.807) is 0 Å². The summed E-state index contributed by atoms with van der Waals surface area (Å²) >= 11 is 0. The fourth-order valence-corrected chi connectivity index (χ4v) is 10.4. The third-order valence-electron chi connectivity index (χ3n) is 15.6. The lowest BCUT2D eigenvalue weighted by Crippen LogP contribution is -2.41. The maximum absolute atomic E-state index is 5.34. The molecule has 6 aliphatic heterocycles. The summed E-state index contributed by atoms with van der Waals surface area (Å²) in [6.45, 7) is 73.8. The second-order valence-electron chi connectivity index (χ2n) is 31.8. The van der Waals surface area contributed by atoms with Gasteiger partial charge in [-0.15, -0.1) is 0 Å². The molecule has 6 rings (SSSR count). The lowest BCUT2D eigenvalue weighted by molar-refractivity contribution is 0.0236. The first-order valence-corrected chi connectivity index (χ1v) is 33.8. The summed E-state index contributed by atoms with van der Waals surface area (Å²) in [4.78, 5) is 15.1. The van der Waals surface area contributed by atoms with E-state index in [-0.39, 0.29) is 44.6 Å². The minimum atomic E-state index is 0. The van der Waals surface area contributed by atoms with Crippen molar-refractivity contribution in [3.63, 3.8) is 0 Å². The van der Waals surface area contributed by atoms with E-state index >= 15 is 0 Å². The van der Waals surface area contributed by atoms with Crippen molar-refractivity contribution < 1.29 is 28.4 Å². The molecular formula is C75H168N6O6. The zero-order valence-electron chi connectivity index (χ0n) is 58.0. The van der Waals surface area contributed by atoms with Gasteiger partial charge >= 0.3 is 0 Å². The van der Waals surface area contributed by atoms with Gasteiger partial charge < -0.3 is 28.4 Å². The topological polar surface area (TPSA) is 74.8 Å². The Labute approximate surface area is 550 Å². The van der Waals surface area contributed by atoms with Gasteiger partial charge in [0.1, 0.15) is 0 Å². The highest BCUT2D eigenvalue weighted by molar-refractivity contribution is 4.73. The van der Waals surface area contributed by atoms with Crippen LogP contribution in [0, 0.1) is 32.5 Å². The fourth-order valence-electron chi connectivity index (χ4n) is 10.4. The Balaban J connectivity index is -0.000000224. The molecule has 0 aromatic rings. The van der Waals surface area contributed by atoms with Crippen LogP contribution < -0.4 is 0 Å². The van der Waals surface area contributed by atoms with Crippen LogP contribution in [0.5, 0.6) is 0 Å². The van der Waals surface area contributed by atoms with E-state index in [0.29, 0.717) is 32.5 Å². The Morgan fingerprint density at radius 2 is 0.379 bits per heavy atom. The SMILES string of the molecule is C.C.C.C.C.C.CC(C)(C)CCCCCCN1CCOCC1.CC(C)(C)CCCCCN1CCOCC1.CC(C)(C)CCCCN1CCOCC1.CC(C)(C)CCCN1CCOCC1.CC(C)(C)CCN1CCOCC1.CC(C)(C)CN1CCOCC1. The van der Waals surface area contributed by atoms with Crippen LogP contribution >= 0.6 is 0 Å². The highest BCUT2D eigenvalue weighted by Gasteiger charge is 2.20. The van der Waals surface area contributed by atoms with Crippen LogP contribution in [-0.2, 0) is 28.4 Å². The summed E-state index contributed by atoms with van der Waals surface area (Å²) in [6.07, 6.45) is 20.4. The second kappa shape index (κ2) is 55.9. The molecule has 6 heterocycles. The van der Waals surface area contributed by atoms with Crippen molar-refractivity contribution in [2.24, 2.45) is 32.5 Å². The monoisotopic (exact) mass is 1250 g/mol. The Morgan fingerprint density at radius 3 is 0.632 bits per heavy atom. The standard InChI is InChI=1S/C14H29NO.C13H27NO.C12H25NO.C11H23NO.C10H21NO.C9H19NO.6CH4/c1-14(2,3)8-6-4-5-7-9-15-10-12-16-13-11-15;1-13(2,3)7-5-4-6-8-14-9-11-15-12-10-14;1-12(2,3)6-4-5-7-13-8-10-14-11-9-13;1-11(2,3)5-4-6-12-7-9-13-10-8-12;1-10(2,3)4-5-11-6-8-12-9-7-11;1-9(2,3)8-10-4-6-11-7-5-10;;;;;;/h4-13H2,1-3H3;4-12H2,1-3H3;4-11H2,1-3H3;4-10H2,1-3H3;4-9H2,1-3H3;4-8H2,1-3H3;6*1H4. The number of unbranched alkanes of at least 4 members (excludes halogenated alkanes) is 6. The molecular weight excluding hydrogens is 1080 g/mol. The number of nitrogens with zero attached hydrogens (tertiary/aromatic N) is 6. The molecule has 6 saturated heterocycles. The Bertz CT molecular complexity index is 1380. The number of morpholine rings is 6. The summed E-state index contributed by atoms with van der Waals surface area (Å²) in [7, 11) is 0. The van der Waals surface area contributed by atoms with Crippen LogP contribution in [0.25, 0.3) is 0 Å². The lowest BCUT2D eigenvalue weighted by Gasteiger charge is -2.32. The molecule has 534 valence electrons. The summed E-state index contributed by atoms with van der Waals surface area (Å²) < 4.78 is 31.9. The predicted molar refractivity (Wildman–Crippen MR) is 390 cm³/mol. The quantitative estimate of drug-likeness (QED) is 0.103. The van der Waals surface area contributed by atoms with Gasteiger partial charge in [0.15, 0.2) is 0 Å². The van der Waals surface area contributed by atoms with Gasteiger partial charge in [0.05, 0.1) is 79.3 Å². The average Bonchev–Trinajstić information content (AvgIpc) is 3.51. The van der Waals surface area contributed by atoms with Gasteiger partial charge in [-0.1, -0.05) is 208 Å². The van der Waals surface area contributed by atoms with Crippen LogP contribution in [-0.4, -0.2) is 226 Å². The predicted octanol–water partition coefficient (Wildman–Crippen LogP) is 17.9. The zero-order valence-corrected chi connectivity index (χ0v) is 58.0. The van der Waals surface area contributed by atoms with Crippen LogP contribution in [0.15, 0.2) is 0 Å². The summed E-state index contributed by atoms with van der Waals surface area (Å²) in [6, 6.07) is 0. The van der Waals surface area contributed by atoms with Crippen LogP contribution in [0.3, 0.4) is 0 Å². The minimum absolute atomic E-state index is 0. The molecule has 0 unspecified atom stereocenters. The molecule has 12 nitrogen and oxygen atoms in total. The Hall–Kier alpha value is -0.480. The first-order valence-electron chi connectivity index (χ1n) is 33.8. The zero-order chi connectivity index (χ0) is 60.5. The molecule has 0 spiro atoms. The van der Waals surface area contributed by atoms with E-state index < -0.39 is 0 Å². The second-order valence-corrected chi connectivity index (χ2v) is 31.8. The van der Waals surface area contributed by atoms with Crippen LogP contribution in [0.4, 0.5) is 0 Å². The number of rotatable bonds is 21. The number of ether oxygens (including phenoxy) is 6. The van der Waals surface area contributed by atoms with Crippen LogP contribution in [0.2, 0.25) is 0 Å². The normalized spacial score (nSPS) is 18.8. The molecule has 0 aromatic carbocycles. The molecule has 6 fully saturated rings. The first kappa shape index (κ1) is 97.6. The van der Waals surface area contributed by atoms with Crippen molar-refractivity contribution in [3.8, 4) is 0 Å². The molecule has 0 aliphatic carbocycles. The van der Waals surface area contributed by atoms with Crippen molar-refractivity contribution in [2.75, 3.05) is 197 Å². The van der Waals surface area contributed by atoms with Crippen molar-refractivity contribution in [2.45, 2.75) is 265 Å². The van der Waals surface area contributed by atoms with Crippen molar-refractivity contribution in [3.05, 3.63) is 0 Å². The Morgan fingerprint density at radius 1 is 0.195 bits per heavy atom. The third-order valence-corrected chi connectivity index (χ3v) is 15.6. The maximum atomic E-state index is 5.34. The Kier molecular flexibility index (Phi) is 62.7. The van der Waals surface area contributed by atoms with Gasteiger partial charge in [0, 0.05) is 85.1 Å². The van der Waals surface area contributed by atoms with Crippen molar-refractivity contribution in [1.82, 2.24) is 29.4 Å². The summed E-state index contributed by atoms with van der Waals surface area (Å²) in [5.74, 6) is 0. The van der Waals surface area contributed by atoms with Crippen molar-refractivity contribution in [1.29, 1.82) is 0 Å². The van der Waals surface area contributed by atoms with Gasteiger partial charge in [0.25, 0.3) is 0 Å².